The predicted molar refractivity (Wildman–Crippen MR) is 85.6 cm³/mol. The van der Waals surface area contributed by atoms with Gasteiger partial charge in [0.15, 0.2) is 0 Å². The Morgan fingerprint density at radius 2 is 1.61 bits per heavy atom. The summed E-state index contributed by atoms with van der Waals surface area (Å²) in [5.74, 6) is -0.401. The van der Waals surface area contributed by atoms with Crippen molar-refractivity contribution in [3.05, 3.63) is 71.8 Å². The standard InChI is InChI=1S/C18H19NO4/c1-22-17(20)12-16(15-10-6-3-7-11-15)19-18(21)23-13-14-8-4-2-5-9-14/h2-11,16H,12-13H2,1H3,(H,19,21)/t16-/m1/s1. The number of hydrogen-bond acceptors (Lipinski definition) is 4. The first kappa shape index (κ1) is 16.5. The Bertz CT molecular complexity index is 628. The van der Waals surface area contributed by atoms with E-state index in [2.05, 4.69) is 10.1 Å². The molecule has 23 heavy (non-hydrogen) atoms. The highest BCUT2D eigenvalue weighted by Crippen LogP contribution is 2.17. The lowest BCUT2D eigenvalue weighted by atomic mass is 10.0. The lowest BCUT2D eigenvalue weighted by molar-refractivity contribution is -0.141. The van der Waals surface area contributed by atoms with Crippen LogP contribution in [0.4, 0.5) is 4.79 Å². The maximum absolute atomic E-state index is 12.0. The average Bonchev–Trinajstić information content (AvgIpc) is 2.61. The highest BCUT2D eigenvalue weighted by Gasteiger charge is 2.19. The molecule has 2 aromatic carbocycles. The van der Waals surface area contributed by atoms with Crippen molar-refractivity contribution in [2.75, 3.05) is 7.11 Å². The van der Waals surface area contributed by atoms with E-state index in [1.165, 1.54) is 7.11 Å². The molecule has 0 bridgehead atoms. The predicted octanol–water partition coefficient (Wildman–Crippen LogP) is 3.22. The number of methoxy groups -OCH3 is 1. The van der Waals surface area contributed by atoms with Crippen LogP contribution in [-0.2, 0) is 20.9 Å². The molecule has 5 nitrogen and oxygen atoms in total. The third-order valence-electron chi connectivity index (χ3n) is 3.31. The molecular weight excluding hydrogens is 294 g/mol. The van der Waals surface area contributed by atoms with Crippen LogP contribution in [0.1, 0.15) is 23.6 Å². The molecule has 0 saturated heterocycles. The van der Waals surface area contributed by atoms with Crippen LogP contribution >= 0.6 is 0 Å². The summed E-state index contributed by atoms with van der Waals surface area (Å²) < 4.78 is 9.88. The van der Waals surface area contributed by atoms with Gasteiger partial charge in [0.1, 0.15) is 6.61 Å². The van der Waals surface area contributed by atoms with E-state index in [1.807, 2.05) is 60.7 Å². The van der Waals surface area contributed by atoms with Crippen molar-refractivity contribution in [2.45, 2.75) is 19.1 Å². The van der Waals surface area contributed by atoms with Crippen molar-refractivity contribution in [2.24, 2.45) is 0 Å². The van der Waals surface area contributed by atoms with E-state index in [-0.39, 0.29) is 13.0 Å². The van der Waals surface area contributed by atoms with Gasteiger partial charge in [-0.3, -0.25) is 4.79 Å². The molecule has 0 aliphatic carbocycles. The van der Waals surface area contributed by atoms with Crippen LogP contribution in [0.2, 0.25) is 0 Å². The Morgan fingerprint density at radius 1 is 1.00 bits per heavy atom. The molecule has 0 aliphatic heterocycles. The van der Waals surface area contributed by atoms with Crippen molar-refractivity contribution in [3.8, 4) is 0 Å². The second-order valence-corrected chi connectivity index (χ2v) is 4.95. The zero-order chi connectivity index (χ0) is 16.5. The van der Waals surface area contributed by atoms with E-state index < -0.39 is 18.1 Å². The lowest BCUT2D eigenvalue weighted by Gasteiger charge is -2.18. The number of alkyl carbamates (subject to hydrolysis) is 1. The maximum Gasteiger partial charge on any atom is 0.407 e. The molecule has 0 fully saturated rings. The molecule has 120 valence electrons. The fraction of sp³-hybridized carbons (Fsp3) is 0.222. The van der Waals surface area contributed by atoms with E-state index in [4.69, 9.17) is 4.74 Å². The average molecular weight is 313 g/mol. The summed E-state index contributed by atoms with van der Waals surface area (Å²) in [5, 5.41) is 2.71. The van der Waals surface area contributed by atoms with Gasteiger partial charge in [0.25, 0.3) is 0 Å². The molecule has 2 aromatic rings. The fourth-order valence-electron chi connectivity index (χ4n) is 2.09. The molecule has 2 rings (SSSR count). The van der Waals surface area contributed by atoms with E-state index in [1.54, 1.807) is 0 Å². The summed E-state index contributed by atoms with van der Waals surface area (Å²) in [6, 6.07) is 18.1. The number of carbonyl (C=O) groups is 2. The number of esters is 1. The van der Waals surface area contributed by atoms with Crippen LogP contribution < -0.4 is 5.32 Å². The molecule has 0 unspecified atom stereocenters. The minimum Gasteiger partial charge on any atom is -0.469 e. The van der Waals surface area contributed by atoms with Gasteiger partial charge in [0.2, 0.25) is 0 Å². The van der Waals surface area contributed by atoms with E-state index >= 15 is 0 Å². The second-order valence-electron chi connectivity index (χ2n) is 4.95. The van der Waals surface area contributed by atoms with Crippen LogP contribution in [0.3, 0.4) is 0 Å². The molecule has 0 spiro atoms. The first-order chi connectivity index (χ1) is 11.2. The number of nitrogens with one attached hydrogen (secondary N) is 1. The summed E-state index contributed by atoms with van der Waals surface area (Å²) in [7, 11) is 1.32. The third-order valence-corrected chi connectivity index (χ3v) is 3.31. The Kier molecular flexibility index (Phi) is 6.17. The van der Waals surface area contributed by atoms with Gasteiger partial charge in [-0.25, -0.2) is 4.79 Å². The Labute approximate surface area is 135 Å². The van der Waals surface area contributed by atoms with Gasteiger partial charge >= 0.3 is 12.1 Å². The molecule has 1 N–H and O–H groups in total. The Balaban J connectivity index is 1.96. The molecule has 1 atom stereocenters. The van der Waals surface area contributed by atoms with E-state index in [0.717, 1.165) is 11.1 Å². The number of hydrogen-bond donors (Lipinski definition) is 1. The molecule has 5 heteroatoms. The van der Waals surface area contributed by atoms with Gasteiger partial charge in [0, 0.05) is 0 Å². The quantitative estimate of drug-likeness (QED) is 0.832. The minimum absolute atomic E-state index is 0.0426. The van der Waals surface area contributed by atoms with Gasteiger partial charge < -0.3 is 14.8 Å². The van der Waals surface area contributed by atoms with Gasteiger partial charge in [-0.05, 0) is 11.1 Å². The third kappa shape index (κ3) is 5.47. The second kappa shape index (κ2) is 8.58. The van der Waals surface area contributed by atoms with Crippen molar-refractivity contribution in [1.82, 2.24) is 5.32 Å². The number of carbonyl (C=O) groups excluding carboxylic acids is 2. The first-order valence-electron chi connectivity index (χ1n) is 7.28. The Hall–Kier alpha value is -2.82. The molecule has 0 radical (unpaired) electrons. The summed E-state index contributed by atoms with van der Waals surface area (Å²) in [4.78, 5) is 23.5. The molecule has 1 amide bonds. The van der Waals surface area contributed by atoms with Crippen molar-refractivity contribution >= 4 is 12.1 Å². The molecular formula is C18H19NO4. The minimum atomic E-state index is -0.577. The summed E-state index contributed by atoms with van der Waals surface area (Å²) in [6.45, 7) is 0.173. The summed E-state index contributed by atoms with van der Waals surface area (Å²) in [5.41, 5.74) is 1.71. The fourth-order valence-corrected chi connectivity index (χ4v) is 2.09. The molecule has 0 heterocycles. The molecule has 0 saturated carbocycles. The van der Waals surface area contributed by atoms with Gasteiger partial charge in [-0.1, -0.05) is 60.7 Å². The van der Waals surface area contributed by atoms with Gasteiger partial charge in [0.05, 0.1) is 19.6 Å². The van der Waals surface area contributed by atoms with Crippen molar-refractivity contribution in [1.29, 1.82) is 0 Å². The smallest absolute Gasteiger partial charge is 0.407 e. The highest BCUT2D eigenvalue weighted by molar-refractivity contribution is 5.73. The van der Waals surface area contributed by atoms with Gasteiger partial charge in [-0.15, -0.1) is 0 Å². The van der Waals surface area contributed by atoms with Crippen LogP contribution in [0.25, 0.3) is 0 Å². The molecule has 0 aromatic heterocycles. The van der Waals surface area contributed by atoms with Crippen LogP contribution in [0, 0.1) is 0 Å². The van der Waals surface area contributed by atoms with E-state index in [9.17, 15) is 9.59 Å². The van der Waals surface area contributed by atoms with E-state index in [0.29, 0.717) is 0 Å². The SMILES string of the molecule is COC(=O)C[C@@H](NC(=O)OCc1ccccc1)c1ccccc1. The summed E-state index contributed by atoms with van der Waals surface area (Å²) >= 11 is 0. The maximum atomic E-state index is 12.0. The number of benzene rings is 2. The van der Waals surface area contributed by atoms with Crippen molar-refractivity contribution in [3.63, 3.8) is 0 Å². The van der Waals surface area contributed by atoms with Crippen molar-refractivity contribution < 1.29 is 19.1 Å². The normalized spacial score (nSPS) is 11.3. The number of rotatable bonds is 6. The zero-order valence-corrected chi connectivity index (χ0v) is 12.9. The lowest BCUT2D eigenvalue weighted by Crippen LogP contribution is -2.31. The van der Waals surface area contributed by atoms with Gasteiger partial charge in [-0.2, -0.15) is 0 Å². The monoisotopic (exact) mass is 313 g/mol. The topological polar surface area (TPSA) is 64.6 Å². The van der Waals surface area contributed by atoms with Crippen LogP contribution in [-0.4, -0.2) is 19.2 Å². The largest absolute Gasteiger partial charge is 0.469 e. The molecule has 0 aliphatic rings. The summed E-state index contributed by atoms with van der Waals surface area (Å²) in [6.07, 6.45) is -0.535. The first-order valence-corrected chi connectivity index (χ1v) is 7.28. The number of ether oxygens (including phenoxy) is 2. The van der Waals surface area contributed by atoms with Crippen LogP contribution in [0.5, 0.6) is 0 Å². The Morgan fingerprint density at radius 3 is 2.22 bits per heavy atom. The number of amides is 1. The zero-order valence-electron chi connectivity index (χ0n) is 12.9. The van der Waals surface area contributed by atoms with Crippen LogP contribution in [0.15, 0.2) is 60.7 Å². The highest BCUT2D eigenvalue weighted by atomic mass is 16.5.